The molecule has 5 amide bonds. The molecule has 2 aliphatic rings. The van der Waals surface area contributed by atoms with Gasteiger partial charge in [0.2, 0.25) is 11.8 Å². The van der Waals surface area contributed by atoms with Crippen LogP contribution in [0.4, 0.5) is 10.5 Å². The first-order valence-corrected chi connectivity index (χ1v) is 12.2. The summed E-state index contributed by atoms with van der Waals surface area (Å²) in [6, 6.07) is 9.55. The van der Waals surface area contributed by atoms with Crippen molar-refractivity contribution < 1.29 is 24.3 Å². The van der Waals surface area contributed by atoms with Gasteiger partial charge in [-0.3, -0.25) is 19.7 Å². The number of hydrogen-bond donors (Lipinski definition) is 4. The first-order chi connectivity index (χ1) is 17.1. The van der Waals surface area contributed by atoms with E-state index < -0.39 is 18.0 Å². The third-order valence-corrected chi connectivity index (χ3v) is 6.93. The molecule has 36 heavy (non-hydrogen) atoms. The lowest BCUT2D eigenvalue weighted by Gasteiger charge is -2.29. The van der Waals surface area contributed by atoms with E-state index in [2.05, 4.69) is 16.0 Å². The van der Waals surface area contributed by atoms with Crippen molar-refractivity contribution in [3.05, 3.63) is 63.7 Å². The molecule has 1 atom stereocenters. The van der Waals surface area contributed by atoms with Crippen molar-refractivity contribution in [2.24, 2.45) is 0 Å². The number of piperidine rings is 1. The maximum absolute atomic E-state index is 12.8. The Labute approximate surface area is 214 Å². The highest BCUT2D eigenvalue weighted by Crippen LogP contribution is 2.32. The minimum Gasteiger partial charge on any atom is -0.396 e. The zero-order valence-electron chi connectivity index (χ0n) is 20.2. The molecule has 1 saturated heterocycles. The summed E-state index contributed by atoms with van der Waals surface area (Å²) in [5.41, 5.74) is 3.23. The van der Waals surface area contributed by atoms with Crippen molar-refractivity contribution in [2.45, 2.75) is 57.7 Å². The second-order valence-corrected chi connectivity index (χ2v) is 10.2. The van der Waals surface area contributed by atoms with E-state index >= 15 is 0 Å². The summed E-state index contributed by atoms with van der Waals surface area (Å²) in [5, 5.41) is 17.7. The van der Waals surface area contributed by atoms with Crippen LogP contribution in [0.1, 0.15) is 60.2 Å². The van der Waals surface area contributed by atoms with Crippen LogP contribution >= 0.6 is 11.6 Å². The van der Waals surface area contributed by atoms with Crippen LogP contribution in [0.3, 0.4) is 0 Å². The molecule has 0 radical (unpaired) electrons. The highest BCUT2D eigenvalue weighted by atomic mass is 35.5. The molecular formula is C26H29ClN4O5. The molecule has 2 aromatic carbocycles. The number of carbonyl (C=O) groups excluding carboxylic acids is 4. The van der Waals surface area contributed by atoms with Gasteiger partial charge in [-0.1, -0.05) is 37.6 Å². The second kappa shape index (κ2) is 10.3. The van der Waals surface area contributed by atoms with Gasteiger partial charge in [0.15, 0.2) is 0 Å². The van der Waals surface area contributed by atoms with Gasteiger partial charge in [-0.25, -0.2) is 4.79 Å². The zero-order chi connectivity index (χ0) is 26.0. The van der Waals surface area contributed by atoms with Crippen LogP contribution in [-0.2, 0) is 28.1 Å². The van der Waals surface area contributed by atoms with Crippen LogP contribution < -0.4 is 16.0 Å². The fourth-order valence-corrected chi connectivity index (χ4v) is 4.81. The summed E-state index contributed by atoms with van der Waals surface area (Å²) in [6.45, 7) is 4.54. The molecule has 9 nitrogen and oxygen atoms in total. The number of amides is 5. The van der Waals surface area contributed by atoms with Gasteiger partial charge in [-0.05, 0) is 59.2 Å². The second-order valence-electron chi connectivity index (χ2n) is 9.79. The van der Waals surface area contributed by atoms with Gasteiger partial charge in [0.05, 0.1) is 0 Å². The summed E-state index contributed by atoms with van der Waals surface area (Å²) in [5.74, 6) is -1.01. The van der Waals surface area contributed by atoms with E-state index in [1.54, 1.807) is 18.2 Å². The van der Waals surface area contributed by atoms with E-state index in [4.69, 9.17) is 11.6 Å². The van der Waals surface area contributed by atoms with Crippen LogP contribution in [0.5, 0.6) is 0 Å². The Hall–Kier alpha value is -3.43. The first kappa shape index (κ1) is 25.7. The van der Waals surface area contributed by atoms with E-state index in [9.17, 15) is 24.3 Å². The normalized spacial score (nSPS) is 17.6. The van der Waals surface area contributed by atoms with Gasteiger partial charge in [0, 0.05) is 42.4 Å². The van der Waals surface area contributed by atoms with Crippen molar-refractivity contribution in [3.8, 4) is 0 Å². The maximum atomic E-state index is 12.8. The minimum atomic E-state index is -0.667. The van der Waals surface area contributed by atoms with Crippen molar-refractivity contribution in [3.63, 3.8) is 0 Å². The Morgan fingerprint density at radius 3 is 2.69 bits per heavy atom. The summed E-state index contributed by atoms with van der Waals surface area (Å²) < 4.78 is 0. The summed E-state index contributed by atoms with van der Waals surface area (Å²) in [7, 11) is 0. The topological polar surface area (TPSA) is 128 Å². The molecule has 10 heteroatoms. The predicted molar refractivity (Wildman–Crippen MR) is 135 cm³/mol. The number of carbonyl (C=O) groups is 4. The van der Waals surface area contributed by atoms with Gasteiger partial charge in [0.1, 0.15) is 6.04 Å². The van der Waals surface area contributed by atoms with Crippen LogP contribution in [0, 0.1) is 0 Å². The largest absolute Gasteiger partial charge is 0.396 e. The van der Waals surface area contributed by atoms with Gasteiger partial charge < -0.3 is 20.6 Å². The lowest BCUT2D eigenvalue weighted by atomic mass is 9.82. The number of nitrogens with zero attached hydrogens (tertiary/aromatic N) is 1. The quantitative estimate of drug-likeness (QED) is 0.424. The van der Waals surface area contributed by atoms with Crippen molar-refractivity contribution in [1.29, 1.82) is 0 Å². The zero-order valence-corrected chi connectivity index (χ0v) is 20.9. The summed E-state index contributed by atoms with van der Waals surface area (Å²) >= 11 is 6.26. The molecule has 2 heterocycles. The average molecular weight is 513 g/mol. The van der Waals surface area contributed by atoms with Gasteiger partial charge in [0.25, 0.3) is 5.91 Å². The Bertz CT molecular complexity index is 1230. The highest BCUT2D eigenvalue weighted by Gasteiger charge is 2.39. The van der Waals surface area contributed by atoms with Crippen LogP contribution in [0.25, 0.3) is 0 Å². The fourth-order valence-electron chi connectivity index (χ4n) is 4.57. The smallest absolute Gasteiger partial charge is 0.319 e. The molecule has 1 fully saturated rings. The monoisotopic (exact) mass is 512 g/mol. The predicted octanol–water partition coefficient (Wildman–Crippen LogP) is 3.08. The molecule has 0 spiro atoms. The van der Waals surface area contributed by atoms with Crippen molar-refractivity contribution in [1.82, 2.24) is 15.5 Å². The molecule has 4 rings (SSSR count). The number of nitrogens with one attached hydrogen (secondary N) is 3. The number of fused-ring (bicyclic) bond motifs is 1. The van der Waals surface area contributed by atoms with Gasteiger partial charge >= 0.3 is 6.03 Å². The van der Waals surface area contributed by atoms with E-state index in [-0.39, 0.29) is 43.3 Å². The molecule has 0 aromatic heterocycles. The van der Waals surface area contributed by atoms with Crippen LogP contribution in [0.15, 0.2) is 36.4 Å². The molecule has 4 N–H and O–H groups in total. The molecular weight excluding hydrogens is 484 g/mol. The van der Waals surface area contributed by atoms with E-state index in [1.807, 2.05) is 32.0 Å². The number of aliphatic hydroxyl groups is 1. The van der Waals surface area contributed by atoms with Crippen molar-refractivity contribution in [2.75, 3.05) is 11.9 Å². The summed E-state index contributed by atoms with van der Waals surface area (Å²) in [4.78, 5) is 50.5. The van der Waals surface area contributed by atoms with Crippen LogP contribution in [-0.4, -0.2) is 46.4 Å². The number of aliphatic hydroxyl groups excluding tert-OH is 1. The van der Waals surface area contributed by atoms with E-state index in [1.165, 1.54) is 4.90 Å². The summed E-state index contributed by atoms with van der Waals surface area (Å²) in [6.07, 6.45) is 1.07. The Balaban J connectivity index is 1.38. The number of urea groups is 1. The van der Waals surface area contributed by atoms with E-state index in [0.29, 0.717) is 29.1 Å². The van der Waals surface area contributed by atoms with Crippen LogP contribution in [0.2, 0.25) is 5.02 Å². The SMILES string of the molecule is CC(C)(CCO)c1cc(Cl)cc(NC(=O)NCc2ccc3c(c2)CN(C2CCC(=O)NC2=O)C3=O)c1. The molecule has 190 valence electrons. The minimum absolute atomic E-state index is 0.0421. The lowest BCUT2D eigenvalue weighted by molar-refractivity contribution is -0.136. The Kier molecular flexibility index (Phi) is 7.33. The standard InChI is InChI=1S/C26H29ClN4O5/c1-26(2,7-8-32)17-10-18(27)12-19(11-17)29-25(36)28-13-15-3-4-20-16(9-15)14-31(24(20)35)21-5-6-22(33)30-23(21)34/h3-4,9-12,21,32H,5-8,13-14H2,1-2H3,(H2,28,29,36)(H,30,33,34). The fraction of sp³-hybridized carbons (Fsp3) is 0.385. The molecule has 0 aliphatic carbocycles. The molecule has 2 aliphatic heterocycles. The lowest BCUT2D eigenvalue weighted by Crippen LogP contribution is -2.52. The molecule has 0 bridgehead atoms. The maximum Gasteiger partial charge on any atom is 0.319 e. The van der Waals surface area contributed by atoms with Gasteiger partial charge in [-0.15, -0.1) is 0 Å². The number of benzene rings is 2. The number of rotatable bonds is 7. The third kappa shape index (κ3) is 5.52. The van der Waals surface area contributed by atoms with Gasteiger partial charge in [-0.2, -0.15) is 0 Å². The molecule has 2 aromatic rings. The third-order valence-electron chi connectivity index (χ3n) is 6.71. The number of imide groups is 1. The highest BCUT2D eigenvalue weighted by molar-refractivity contribution is 6.31. The molecule has 1 unspecified atom stereocenters. The van der Waals surface area contributed by atoms with Crippen molar-refractivity contribution >= 4 is 41.0 Å². The first-order valence-electron chi connectivity index (χ1n) is 11.8. The molecule has 0 saturated carbocycles. The Morgan fingerprint density at radius 2 is 1.97 bits per heavy atom. The van der Waals surface area contributed by atoms with E-state index in [0.717, 1.165) is 16.7 Å². The number of halogens is 1. The average Bonchev–Trinajstić information content (AvgIpc) is 3.13. The Morgan fingerprint density at radius 1 is 1.19 bits per heavy atom. The number of hydrogen-bond acceptors (Lipinski definition) is 5. The number of anilines is 1.